The van der Waals surface area contributed by atoms with Crippen molar-refractivity contribution in [2.24, 2.45) is 11.3 Å². The average Bonchev–Trinajstić information content (AvgIpc) is 2.52. The highest BCUT2D eigenvalue weighted by molar-refractivity contribution is 7.89. The summed E-state index contributed by atoms with van der Waals surface area (Å²) in [6.45, 7) is 6.60. The van der Waals surface area contributed by atoms with E-state index >= 15 is 0 Å². The van der Waals surface area contributed by atoms with E-state index < -0.39 is 10.0 Å². The topological polar surface area (TPSA) is 84.5 Å². The molecular weight excluding hydrogens is 352 g/mol. The van der Waals surface area contributed by atoms with Crippen molar-refractivity contribution >= 4 is 15.9 Å². The Morgan fingerprint density at radius 2 is 1.88 bits per heavy atom. The van der Waals surface area contributed by atoms with Crippen LogP contribution in [0.2, 0.25) is 0 Å². The average molecular weight is 383 g/mol. The zero-order valence-corrected chi connectivity index (χ0v) is 16.9. The minimum atomic E-state index is -3.43. The van der Waals surface area contributed by atoms with Crippen molar-refractivity contribution in [2.75, 3.05) is 19.4 Å². The third-order valence-electron chi connectivity index (χ3n) is 4.74. The summed E-state index contributed by atoms with van der Waals surface area (Å²) in [7, 11) is -1.87. The summed E-state index contributed by atoms with van der Waals surface area (Å²) in [5, 5.41) is 2.66. The number of benzene rings is 1. The molecule has 0 spiro atoms. The van der Waals surface area contributed by atoms with Crippen LogP contribution < -0.4 is 14.8 Å². The van der Waals surface area contributed by atoms with E-state index in [1.807, 2.05) is 0 Å². The molecule has 1 aromatic rings. The number of sulfonamides is 1. The summed E-state index contributed by atoms with van der Waals surface area (Å²) in [6, 6.07) is 6.65. The Hall–Kier alpha value is -1.60. The molecule has 2 atom stereocenters. The van der Waals surface area contributed by atoms with Crippen LogP contribution in [0.5, 0.6) is 5.75 Å². The van der Waals surface area contributed by atoms with Crippen molar-refractivity contribution < 1.29 is 17.9 Å². The molecule has 2 N–H and O–H groups in total. The second kappa shape index (κ2) is 8.39. The molecule has 6 nitrogen and oxygen atoms in total. The second-order valence-electron chi connectivity index (χ2n) is 8.03. The van der Waals surface area contributed by atoms with Crippen LogP contribution in [0.25, 0.3) is 0 Å². The first-order valence-corrected chi connectivity index (χ1v) is 10.7. The molecule has 0 aliphatic heterocycles. The van der Waals surface area contributed by atoms with Crippen LogP contribution in [0.4, 0.5) is 0 Å². The first-order chi connectivity index (χ1) is 12.1. The molecule has 0 radical (unpaired) electrons. The third kappa shape index (κ3) is 6.29. The molecule has 1 aliphatic carbocycles. The number of carbonyl (C=O) groups excluding carboxylic acids is 1. The van der Waals surface area contributed by atoms with Crippen LogP contribution in [0, 0.1) is 11.3 Å². The Kier molecular flexibility index (Phi) is 6.69. The standard InChI is InChI=1S/C19H30N2O4S/c1-14-11-16(13-19(2,3)12-14)21-26(23,24)10-9-20-18(22)15-5-7-17(25-4)8-6-15/h5-8,14,16,21H,9-13H2,1-4H3,(H,20,22)/t14-,16+/m1/s1. The first-order valence-electron chi connectivity index (χ1n) is 9.02. The third-order valence-corrected chi connectivity index (χ3v) is 6.18. The summed E-state index contributed by atoms with van der Waals surface area (Å²) in [5.74, 6) is 0.745. The van der Waals surface area contributed by atoms with Crippen molar-refractivity contribution in [2.45, 2.75) is 46.1 Å². The molecule has 1 aromatic carbocycles. The number of hydrogen-bond acceptors (Lipinski definition) is 4. The molecule has 0 bridgehead atoms. The highest BCUT2D eigenvalue weighted by Gasteiger charge is 2.33. The normalized spacial score (nSPS) is 22.6. The summed E-state index contributed by atoms with van der Waals surface area (Å²) in [4.78, 5) is 12.1. The van der Waals surface area contributed by atoms with Gasteiger partial charge in [0.15, 0.2) is 0 Å². The van der Waals surface area contributed by atoms with Crippen molar-refractivity contribution in [3.05, 3.63) is 29.8 Å². The highest BCUT2D eigenvalue weighted by atomic mass is 32.2. The predicted molar refractivity (Wildman–Crippen MR) is 103 cm³/mol. The number of nitrogens with one attached hydrogen (secondary N) is 2. The van der Waals surface area contributed by atoms with Crippen molar-refractivity contribution in [3.8, 4) is 5.75 Å². The van der Waals surface area contributed by atoms with Gasteiger partial charge in [0.1, 0.15) is 5.75 Å². The van der Waals surface area contributed by atoms with Gasteiger partial charge in [-0.3, -0.25) is 4.79 Å². The summed E-state index contributed by atoms with van der Waals surface area (Å²) < 4.78 is 32.5. The number of ether oxygens (including phenoxy) is 1. The largest absolute Gasteiger partial charge is 0.497 e. The van der Waals surface area contributed by atoms with Gasteiger partial charge in [0, 0.05) is 18.2 Å². The lowest BCUT2D eigenvalue weighted by Gasteiger charge is -2.39. The summed E-state index contributed by atoms with van der Waals surface area (Å²) in [6.07, 6.45) is 2.82. The van der Waals surface area contributed by atoms with Crippen molar-refractivity contribution in [1.82, 2.24) is 10.0 Å². The van der Waals surface area contributed by atoms with Gasteiger partial charge in [-0.2, -0.15) is 0 Å². The van der Waals surface area contributed by atoms with Crippen LogP contribution in [-0.4, -0.2) is 39.8 Å². The summed E-state index contributed by atoms with van der Waals surface area (Å²) in [5.41, 5.74) is 0.618. The molecule has 0 aromatic heterocycles. The van der Waals surface area contributed by atoms with Crippen LogP contribution in [-0.2, 0) is 10.0 Å². The molecule has 1 saturated carbocycles. The van der Waals surface area contributed by atoms with E-state index in [0.29, 0.717) is 17.2 Å². The maximum Gasteiger partial charge on any atom is 0.251 e. The minimum Gasteiger partial charge on any atom is -0.497 e. The molecule has 7 heteroatoms. The fraction of sp³-hybridized carbons (Fsp3) is 0.632. The van der Waals surface area contributed by atoms with Crippen LogP contribution in [0.1, 0.15) is 50.4 Å². The van der Waals surface area contributed by atoms with Gasteiger partial charge in [-0.05, 0) is 54.9 Å². The second-order valence-corrected chi connectivity index (χ2v) is 9.90. The quantitative estimate of drug-likeness (QED) is 0.759. The van der Waals surface area contributed by atoms with Gasteiger partial charge in [0.25, 0.3) is 5.91 Å². The van der Waals surface area contributed by atoms with E-state index in [0.717, 1.165) is 19.3 Å². The highest BCUT2D eigenvalue weighted by Crippen LogP contribution is 2.38. The molecular formula is C19H30N2O4S. The molecule has 26 heavy (non-hydrogen) atoms. The lowest BCUT2D eigenvalue weighted by molar-refractivity contribution is 0.0956. The van der Waals surface area contributed by atoms with Crippen LogP contribution >= 0.6 is 0 Å². The molecule has 1 amide bonds. The Labute approximate surface area is 156 Å². The van der Waals surface area contributed by atoms with Gasteiger partial charge in [0.05, 0.1) is 12.9 Å². The zero-order valence-electron chi connectivity index (χ0n) is 16.0. The molecule has 0 saturated heterocycles. The van der Waals surface area contributed by atoms with Gasteiger partial charge in [-0.25, -0.2) is 13.1 Å². The van der Waals surface area contributed by atoms with Gasteiger partial charge in [-0.1, -0.05) is 20.8 Å². The van der Waals surface area contributed by atoms with Gasteiger partial charge >= 0.3 is 0 Å². The maximum atomic E-state index is 12.3. The molecule has 146 valence electrons. The number of carbonyl (C=O) groups is 1. The summed E-state index contributed by atoms with van der Waals surface area (Å²) >= 11 is 0. The fourth-order valence-corrected chi connectivity index (χ4v) is 5.07. The molecule has 1 fully saturated rings. The Balaban J connectivity index is 1.82. The predicted octanol–water partition coefficient (Wildman–Crippen LogP) is 2.56. The van der Waals surface area contributed by atoms with E-state index in [2.05, 4.69) is 30.8 Å². The number of methoxy groups -OCH3 is 1. The van der Waals surface area contributed by atoms with Gasteiger partial charge in [0.2, 0.25) is 10.0 Å². The Morgan fingerprint density at radius 3 is 2.46 bits per heavy atom. The van der Waals surface area contributed by atoms with E-state index in [4.69, 9.17) is 4.74 Å². The monoisotopic (exact) mass is 382 g/mol. The van der Waals surface area contributed by atoms with Crippen LogP contribution in [0.15, 0.2) is 24.3 Å². The van der Waals surface area contributed by atoms with Crippen molar-refractivity contribution in [1.29, 1.82) is 0 Å². The first kappa shape index (κ1) is 20.7. The molecule has 2 rings (SSSR count). The number of amides is 1. The lowest BCUT2D eigenvalue weighted by Crippen LogP contribution is -2.45. The van der Waals surface area contributed by atoms with E-state index in [9.17, 15) is 13.2 Å². The lowest BCUT2D eigenvalue weighted by atomic mass is 9.71. The Morgan fingerprint density at radius 1 is 1.23 bits per heavy atom. The van der Waals surface area contributed by atoms with E-state index in [1.165, 1.54) is 0 Å². The maximum absolute atomic E-state index is 12.3. The molecule has 0 heterocycles. The number of rotatable bonds is 7. The fourth-order valence-electron chi connectivity index (χ4n) is 3.89. The zero-order chi connectivity index (χ0) is 19.4. The smallest absolute Gasteiger partial charge is 0.251 e. The molecule has 0 unspecified atom stereocenters. The van der Waals surface area contributed by atoms with Crippen molar-refractivity contribution in [3.63, 3.8) is 0 Å². The SMILES string of the molecule is COc1ccc(C(=O)NCCS(=O)(=O)N[C@H]2C[C@@H](C)CC(C)(C)C2)cc1. The van der Waals surface area contributed by atoms with Crippen LogP contribution in [0.3, 0.4) is 0 Å². The van der Waals surface area contributed by atoms with E-state index in [-0.39, 0.29) is 29.7 Å². The molecule has 1 aliphatic rings. The van der Waals surface area contributed by atoms with E-state index in [1.54, 1.807) is 31.4 Å². The number of hydrogen-bond donors (Lipinski definition) is 2. The Bertz CT molecular complexity index is 714. The minimum absolute atomic E-state index is 0.0314. The van der Waals surface area contributed by atoms with Gasteiger partial charge < -0.3 is 10.1 Å². The van der Waals surface area contributed by atoms with Gasteiger partial charge in [-0.15, -0.1) is 0 Å².